The smallest absolute Gasteiger partial charge is 0.0938 e. The average molecular weight is 221 g/mol. The van der Waals surface area contributed by atoms with Crippen molar-refractivity contribution in [3.8, 4) is 0 Å². The number of fused-ring (bicyclic) bond motifs is 1. The minimum Gasteiger partial charge on any atom is -0.396 e. The van der Waals surface area contributed by atoms with Crippen molar-refractivity contribution in [1.29, 1.82) is 0 Å². The molecule has 80 valence electrons. The Morgan fingerprint density at radius 1 is 1.13 bits per heavy atom. The first-order valence-corrected chi connectivity index (χ1v) is 6.17. The van der Waals surface area contributed by atoms with E-state index in [-0.39, 0.29) is 0 Å². The third kappa shape index (κ3) is 2.76. The Bertz CT molecular complexity index is 391. The van der Waals surface area contributed by atoms with Crippen molar-refractivity contribution in [1.82, 2.24) is 4.98 Å². The van der Waals surface area contributed by atoms with Crippen LogP contribution in [0.4, 0.5) is 0 Å². The number of hydrogen-bond acceptors (Lipinski definition) is 3. The van der Waals surface area contributed by atoms with E-state index in [0.717, 1.165) is 31.2 Å². The molecule has 0 amide bonds. The highest BCUT2D eigenvalue weighted by atomic mass is 32.1. The van der Waals surface area contributed by atoms with Crippen LogP contribution in [0.5, 0.6) is 0 Å². The van der Waals surface area contributed by atoms with Gasteiger partial charge >= 0.3 is 0 Å². The molecule has 1 aromatic heterocycles. The third-order valence-corrected chi connectivity index (χ3v) is 3.48. The molecule has 0 fully saturated rings. The predicted octanol–water partition coefficient (Wildman–Crippen LogP) is 3.00. The van der Waals surface area contributed by atoms with Gasteiger partial charge in [0, 0.05) is 6.61 Å². The lowest BCUT2D eigenvalue weighted by Gasteiger charge is -1.94. The summed E-state index contributed by atoms with van der Waals surface area (Å²) in [4.78, 5) is 4.57. The van der Waals surface area contributed by atoms with Crippen LogP contribution in [-0.2, 0) is 6.42 Å². The summed E-state index contributed by atoms with van der Waals surface area (Å²) in [5.74, 6) is 0. The van der Waals surface area contributed by atoms with Gasteiger partial charge in [-0.15, -0.1) is 11.3 Å². The molecule has 0 aliphatic rings. The van der Waals surface area contributed by atoms with Gasteiger partial charge in [0.1, 0.15) is 0 Å². The quantitative estimate of drug-likeness (QED) is 0.787. The Balaban J connectivity index is 1.97. The maximum Gasteiger partial charge on any atom is 0.0938 e. The van der Waals surface area contributed by atoms with E-state index in [9.17, 15) is 0 Å². The number of rotatable bonds is 5. The molecule has 0 aliphatic heterocycles. The number of unbranched alkanes of at least 4 members (excludes halogenated alkanes) is 2. The van der Waals surface area contributed by atoms with E-state index in [0.29, 0.717) is 6.61 Å². The van der Waals surface area contributed by atoms with Crippen LogP contribution >= 0.6 is 11.3 Å². The number of aromatic nitrogens is 1. The summed E-state index contributed by atoms with van der Waals surface area (Å²) >= 11 is 1.78. The van der Waals surface area contributed by atoms with Crippen molar-refractivity contribution >= 4 is 21.6 Å². The molecule has 15 heavy (non-hydrogen) atoms. The largest absolute Gasteiger partial charge is 0.396 e. The van der Waals surface area contributed by atoms with Crippen molar-refractivity contribution in [2.45, 2.75) is 25.7 Å². The van der Waals surface area contributed by atoms with Crippen LogP contribution in [0, 0.1) is 0 Å². The van der Waals surface area contributed by atoms with E-state index in [1.165, 1.54) is 9.71 Å². The standard InChI is InChI=1S/C12H15NOS/c14-9-5-1-2-8-12-13-10-6-3-4-7-11(10)15-12/h3-4,6-7,14H,1-2,5,8-9H2. The lowest BCUT2D eigenvalue weighted by Crippen LogP contribution is -1.86. The molecule has 2 nitrogen and oxygen atoms in total. The first-order valence-electron chi connectivity index (χ1n) is 5.35. The molecule has 0 atom stereocenters. The second-order valence-electron chi connectivity index (χ2n) is 3.61. The molecule has 3 heteroatoms. The van der Waals surface area contributed by atoms with E-state index in [1.807, 2.05) is 6.07 Å². The molecule has 0 spiro atoms. The number of nitrogens with zero attached hydrogens (tertiary/aromatic N) is 1. The maximum atomic E-state index is 8.66. The summed E-state index contributed by atoms with van der Waals surface area (Å²) in [5.41, 5.74) is 1.11. The minimum atomic E-state index is 0.305. The number of aryl methyl sites for hydroxylation is 1. The molecule has 0 unspecified atom stereocenters. The van der Waals surface area contributed by atoms with E-state index in [2.05, 4.69) is 23.2 Å². The molecule has 0 saturated carbocycles. The summed E-state index contributed by atoms with van der Waals surface area (Å²) in [5, 5.41) is 9.88. The Labute approximate surface area is 93.6 Å². The van der Waals surface area contributed by atoms with Crippen molar-refractivity contribution < 1.29 is 5.11 Å². The van der Waals surface area contributed by atoms with Gasteiger partial charge in [-0.25, -0.2) is 4.98 Å². The summed E-state index contributed by atoms with van der Waals surface area (Å²) < 4.78 is 1.27. The van der Waals surface area contributed by atoms with E-state index >= 15 is 0 Å². The van der Waals surface area contributed by atoms with Crippen molar-refractivity contribution in [2.24, 2.45) is 0 Å². The average Bonchev–Trinajstić information content (AvgIpc) is 2.67. The SMILES string of the molecule is OCCCCCc1nc2ccccc2s1. The van der Waals surface area contributed by atoms with Crippen molar-refractivity contribution in [3.63, 3.8) is 0 Å². The zero-order valence-electron chi connectivity index (χ0n) is 8.65. The van der Waals surface area contributed by atoms with E-state index < -0.39 is 0 Å². The highest BCUT2D eigenvalue weighted by Crippen LogP contribution is 2.22. The topological polar surface area (TPSA) is 33.1 Å². The summed E-state index contributed by atoms with van der Waals surface area (Å²) in [6.07, 6.45) is 4.16. The Morgan fingerprint density at radius 3 is 2.80 bits per heavy atom. The summed E-state index contributed by atoms with van der Waals surface area (Å²) in [7, 11) is 0. The first kappa shape index (κ1) is 10.6. The zero-order valence-corrected chi connectivity index (χ0v) is 9.46. The predicted molar refractivity (Wildman–Crippen MR) is 64.3 cm³/mol. The normalized spacial score (nSPS) is 11.0. The number of thiazole rings is 1. The zero-order chi connectivity index (χ0) is 10.5. The van der Waals surface area contributed by atoms with Gasteiger partial charge in [-0.1, -0.05) is 18.6 Å². The van der Waals surface area contributed by atoms with Crippen LogP contribution in [0.2, 0.25) is 0 Å². The van der Waals surface area contributed by atoms with Gasteiger partial charge in [-0.3, -0.25) is 0 Å². The fraction of sp³-hybridized carbons (Fsp3) is 0.417. The van der Waals surface area contributed by atoms with Crippen molar-refractivity contribution in [3.05, 3.63) is 29.3 Å². The summed E-state index contributed by atoms with van der Waals surface area (Å²) in [6, 6.07) is 8.25. The van der Waals surface area contributed by atoms with Gasteiger partial charge in [-0.05, 0) is 31.4 Å². The van der Waals surface area contributed by atoms with Crippen LogP contribution < -0.4 is 0 Å². The van der Waals surface area contributed by atoms with Gasteiger partial charge in [0.05, 0.1) is 15.2 Å². The fourth-order valence-electron chi connectivity index (χ4n) is 1.59. The molecule has 0 aliphatic carbocycles. The van der Waals surface area contributed by atoms with Gasteiger partial charge in [0.25, 0.3) is 0 Å². The molecule has 1 aromatic carbocycles. The molecule has 1 N–H and O–H groups in total. The van der Waals surface area contributed by atoms with Crippen LogP contribution in [-0.4, -0.2) is 16.7 Å². The lowest BCUT2D eigenvalue weighted by molar-refractivity contribution is 0.283. The highest BCUT2D eigenvalue weighted by molar-refractivity contribution is 7.18. The second kappa shape index (κ2) is 5.24. The molecule has 0 bridgehead atoms. The number of benzene rings is 1. The number of aliphatic hydroxyl groups excluding tert-OH is 1. The number of aliphatic hydroxyl groups is 1. The Kier molecular flexibility index (Phi) is 3.69. The van der Waals surface area contributed by atoms with Gasteiger partial charge in [0.15, 0.2) is 0 Å². The lowest BCUT2D eigenvalue weighted by atomic mass is 10.2. The van der Waals surface area contributed by atoms with Crippen LogP contribution in [0.15, 0.2) is 24.3 Å². The Morgan fingerprint density at radius 2 is 2.00 bits per heavy atom. The minimum absolute atomic E-state index is 0.305. The number of hydrogen-bond donors (Lipinski definition) is 1. The fourth-order valence-corrected chi connectivity index (χ4v) is 2.60. The molecule has 2 aromatic rings. The second-order valence-corrected chi connectivity index (χ2v) is 4.72. The van der Waals surface area contributed by atoms with Crippen LogP contribution in [0.3, 0.4) is 0 Å². The molecular weight excluding hydrogens is 206 g/mol. The van der Waals surface area contributed by atoms with E-state index in [1.54, 1.807) is 11.3 Å². The molecular formula is C12H15NOS. The summed E-state index contributed by atoms with van der Waals surface area (Å²) in [6.45, 7) is 0.305. The monoisotopic (exact) mass is 221 g/mol. The third-order valence-electron chi connectivity index (χ3n) is 2.39. The maximum absolute atomic E-state index is 8.66. The van der Waals surface area contributed by atoms with Crippen LogP contribution in [0.25, 0.3) is 10.2 Å². The van der Waals surface area contributed by atoms with Gasteiger partial charge in [0.2, 0.25) is 0 Å². The molecule has 2 rings (SSSR count). The molecule has 1 heterocycles. The molecule has 0 radical (unpaired) electrons. The van der Waals surface area contributed by atoms with Gasteiger partial charge < -0.3 is 5.11 Å². The molecule has 0 saturated heterocycles. The number of para-hydroxylation sites is 1. The van der Waals surface area contributed by atoms with Gasteiger partial charge in [-0.2, -0.15) is 0 Å². The first-order chi connectivity index (χ1) is 7.40. The Hall–Kier alpha value is -0.930. The highest BCUT2D eigenvalue weighted by Gasteiger charge is 2.02. The van der Waals surface area contributed by atoms with E-state index in [4.69, 9.17) is 5.11 Å². The van der Waals surface area contributed by atoms with Crippen LogP contribution in [0.1, 0.15) is 24.3 Å². The van der Waals surface area contributed by atoms with Crippen molar-refractivity contribution in [2.75, 3.05) is 6.61 Å².